The maximum atomic E-state index is 13.0. The van der Waals surface area contributed by atoms with E-state index in [2.05, 4.69) is 20.3 Å². The van der Waals surface area contributed by atoms with Gasteiger partial charge in [0, 0.05) is 12.4 Å². The maximum absolute atomic E-state index is 13.0. The van der Waals surface area contributed by atoms with Crippen molar-refractivity contribution in [2.45, 2.75) is 26.0 Å². The maximum Gasteiger partial charge on any atom is 0.159 e. The van der Waals surface area contributed by atoms with Crippen molar-refractivity contribution in [2.75, 3.05) is 5.32 Å². The van der Waals surface area contributed by atoms with E-state index in [4.69, 9.17) is 0 Å². The number of anilines is 1. The van der Waals surface area contributed by atoms with Crippen LogP contribution < -0.4 is 5.32 Å². The number of aliphatic hydroxyl groups is 1. The van der Waals surface area contributed by atoms with Crippen molar-refractivity contribution in [3.05, 3.63) is 66.3 Å². The highest BCUT2D eigenvalue weighted by Gasteiger charge is 2.17. The number of hydrogen-bond acceptors (Lipinski definition) is 5. The minimum Gasteiger partial charge on any atom is -0.386 e. The lowest BCUT2D eigenvalue weighted by Crippen LogP contribution is -2.25. The van der Waals surface area contributed by atoms with Gasteiger partial charge in [0.1, 0.15) is 17.5 Å². The average Bonchev–Trinajstić information content (AvgIpc) is 3.01. The second-order valence-electron chi connectivity index (χ2n) is 5.54. The summed E-state index contributed by atoms with van der Waals surface area (Å²) in [6, 6.07) is 5.45. The number of nitrogens with one attached hydrogen (secondary N) is 1. The van der Waals surface area contributed by atoms with Crippen LogP contribution in [0.5, 0.6) is 0 Å². The third-order valence-electron chi connectivity index (χ3n) is 3.76. The Labute approximate surface area is 139 Å². The van der Waals surface area contributed by atoms with Gasteiger partial charge >= 0.3 is 0 Å². The number of imidazole rings is 1. The fourth-order valence-corrected chi connectivity index (χ4v) is 2.42. The second kappa shape index (κ2) is 6.76. The topological polar surface area (TPSA) is 75.9 Å². The first kappa shape index (κ1) is 16.1. The Morgan fingerprint density at radius 2 is 1.96 bits per heavy atom. The van der Waals surface area contributed by atoms with E-state index in [0.29, 0.717) is 17.2 Å². The Morgan fingerprint density at radius 1 is 1.21 bits per heavy atom. The van der Waals surface area contributed by atoms with Gasteiger partial charge < -0.3 is 10.4 Å². The summed E-state index contributed by atoms with van der Waals surface area (Å²) in [4.78, 5) is 12.8. The van der Waals surface area contributed by atoms with Crippen LogP contribution in [0.25, 0.3) is 5.82 Å². The molecule has 2 N–H and O–H groups in total. The van der Waals surface area contributed by atoms with Crippen molar-refractivity contribution in [1.29, 1.82) is 0 Å². The SMILES string of the molecule is Cc1nccn1-c1cncc(N[C@@H](C)[C@@H](O)c2ccc(F)cc2)n1. The van der Waals surface area contributed by atoms with E-state index in [9.17, 15) is 9.50 Å². The number of nitrogens with zero attached hydrogens (tertiary/aromatic N) is 4. The summed E-state index contributed by atoms with van der Waals surface area (Å²) in [6.07, 6.45) is 5.92. The van der Waals surface area contributed by atoms with Gasteiger partial charge in [-0.15, -0.1) is 0 Å². The molecule has 0 saturated heterocycles. The summed E-state index contributed by atoms with van der Waals surface area (Å²) in [5.41, 5.74) is 0.631. The van der Waals surface area contributed by atoms with Crippen LogP contribution in [0.2, 0.25) is 0 Å². The highest BCUT2D eigenvalue weighted by molar-refractivity contribution is 5.38. The predicted octanol–water partition coefficient (Wildman–Crippen LogP) is 2.64. The Morgan fingerprint density at radius 3 is 2.62 bits per heavy atom. The molecule has 0 aliphatic carbocycles. The van der Waals surface area contributed by atoms with Crippen LogP contribution in [0.1, 0.15) is 24.4 Å². The molecule has 0 aliphatic rings. The minimum absolute atomic E-state index is 0.330. The number of benzene rings is 1. The second-order valence-corrected chi connectivity index (χ2v) is 5.54. The molecule has 24 heavy (non-hydrogen) atoms. The van der Waals surface area contributed by atoms with Crippen molar-refractivity contribution >= 4 is 5.82 Å². The van der Waals surface area contributed by atoms with Gasteiger partial charge in [0.15, 0.2) is 5.82 Å². The molecule has 0 saturated carbocycles. The van der Waals surface area contributed by atoms with Crippen LogP contribution >= 0.6 is 0 Å². The van der Waals surface area contributed by atoms with Gasteiger partial charge in [-0.2, -0.15) is 0 Å². The van der Waals surface area contributed by atoms with Crippen LogP contribution in [-0.4, -0.2) is 30.7 Å². The van der Waals surface area contributed by atoms with Crippen LogP contribution in [0.3, 0.4) is 0 Å². The summed E-state index contributed by atoms with van der Waals surface area (Å²) in [5, 5.41) is 13.5. The molecule has 6 nitrogen and oxygen atoms in total. The van der Waals surface area contributed by atoms with Crippen molar-refractivity contribution in [2.24, 2.45) is 0 Å². The standard InChI is InChI=1S/C17H18FN5O/c1-11(17(24)13-3-5-14(18)6-4-13)21-15-9-19-10-16(22-15)23-8-7-20-12(23)2/h3-11,17,24H,1-2H3,(H,21,22)/t11-,17+/m0/s1. The van der Waals surface area contributed by atoms with Gasteiger partial charge in [0.2, 0.25) is 0 Å². The highest BCUT2D eigenvalue weighted by Crippen LogP contribution is 2.20. The predicted molar refractivity (Wildman–Crippen MR) is 88.3 cm³/mol. The summed E-state index contributed by atoms with van der Waals surface area (Å²) in [7, 11) is 0. The lowest BCUT2D eigenvalue weighted by Gasteiger charge is -2.21. The fourth-order valence-electron chi connectivity index (χ4n) is 2.42. The van der Waals surface area contributed by atoms with Gasteiger partial charge in [-0.25, -0.2) is 14.4 Å². The third-order valence-corrected chi connectivity index (χ3v) is 3.76. The van der Waals surface area contributed by atoms with Crippen molar-refractivity contribution in [1.82, 2.24) is 19.5 Å². The summed E-state index contributed by atoms with van der Waals surface area (Å²) in [5.74, 6) is 1.65. The van der Waals surface area contributed by atoms with E-state index in [1.54, 1.807) is 36.9 Å². The number of halogens is 1. The van der Waals surface area contributed by atoms with Crippen LogP contribution in [0.4, 0.5) is 10.2 Å². The zero-order valence-corrected chi connectivity index (χ0v) is 13.4. The van der Waals surface area contributed by atoms with E-state index in [1.165, 1.54) is 12.1 Å². The van der Waals surface area contributed by atoms with Gasteiger partial charge in [-0.05, 0) is 31.5 Å². The minimum atomic E-state index is -0.800. The Bertz CT molecular complexity index is 818. The van der Waals surface area contributed by atoms with Crippen molar-refractivity contribution in [3.8, 4) is 5.82 Å². The largest absolute Gasteiger partial charge is 0.386 e. The molecule has 2 atom stereocenters. The number of aliphatic hydroxyl groups excluding tert-OH is 1. The van der Waals surface area contributed by atoms with Gasteiger partial charge in [-0.3, -0.25) is 9.55 Å². The summed E-state index contributed by atoms with van der Waals surface area (Å²) < 4.78 is 14.8. The molecule has 7 heteroatoms. The van der Waals surface area contributed by atoms with Crippen molar-refractivity contribution < 1.29 is 9.50 Å². The molecule has 0 aliphatic heterocycles. The van der Waals surface area contributed by atoms with Gasteiger partial charge in [0.25, 0.3) is 0 Å². The van der Waals surface area contributed by atoms with Gasteiger partial charge in [0.05, 0.1) is 24.5 Å². The fraction of sp³-hybridized carbons (Fsp3) is 0.235. The van der Waals surface area contributed by atoms with E-state index in [-0.39, 0.29) is 11.9 Å². The number of aryl methyl sites for hydroxylation is 1. The van der Waals surface area contributed by atoms with E-state index < -0.39 is 6.10 Å². The van der Waals surface area contributed by atoms with Crippen LogP contribution in [0.15, 0.2) is 49.1 Å². The molecular weight excluding hydrogens is 309 g/mol. The Balaban J connectivity index is 1.76. The normalized spacial score (nSPS) is 13.5. The first-order valence-electron chi connectivity index (χ1n) is 7.57. The number of hydrogen-bond donors (Lipinski definition) is 2. The molecule has 2 aromatic heterocycles. The average molecular weight is 327 g/mol. The summed E-state index contributed by atoms with van der Waals surface area (Å²) in [6.45, 7) is 3.70. The number of aromatic nitrogens is 4. The van der Waals surface area contributed by atoms with Crippen LogP contribution in [0, 0.1) is 12.7 Å². The quantitative estimate of drug-likeness (QED) is 0.753. The lowest BCUT2D eigenvalue weighted by molar-refractivity contribution is 0.160. The monoisotopic (exact) mass is 327 g/mol. The summed E-state index contributed by atoms with van der Waals surface area (Å²) >= 11 is 0. The van der Waals surface area contributed by atoms with Gasteiger partial charge in [-0.1, -0.05) is 12.1 Å². The first-order chi connectivity index (χ1) is 11.5. The molecule has 0 fully saturated rings. The number of rotatable bonds is 5. The molecule has 0 bridgehead atoms. The molecule has 3 rings (SSSR count). The molecule has 0 unspecified atom stereocenters. The Kier molecular flexibility index (Phi) is 4.52. The van der Waals surface area contributed by atoms with E-state index in [1.807, 2.05) is 18.4 Å². The first-order valence-corrected chi connectivity index (χ1v) is 7.57. The molecule has 3 aromatic rings. The highest BCUT2D eigenvalue weighted by atomic mass is 19.1. The van der Waals surface area contributed by atoms with Crippen LogP contribution in [-0.2, 0) is 0 Å². The lowest BCUT2D eigenvalue weighted by atomic mass is 10.0. The molecule has 0 radical (unpaired) electrons. The molecular formula is C17H18FN5O. The van der Waals surface area contributed by atoms with E-state index >= 15 is 0 Å². The molecule has 2 heterocycles. The molecule has 0 spiro atoms. The van der Waals surface area contributed by atoms with E-state index in [0.717, 1.165) is 5.82 Å². The zero-order valence-electron chi connectivity index (χ0n) is 13.4. The molecule has 1 aromatic carbocycles. The Hall–Kier alpha value is -2.80. The molecule has 124 valence electrons. The zero-order chi connectivity index (χ0) is 17.1. The smallest absolute Gasteiger partial charge is 0.159 e. The molecule has 0 amide bonds. The van der Waals surface area contributed by atoms with Crippen molar-refractivity contribution in [3.63, 3.8) is 0 Å². The third kappa shape index (κ3) is 3.41.